The number of rotatable bonds is 1. The van der Waals surface area contributed by atoms with Gasteiger partial charge >= 0.3 is 0 Å². The second kappa shape index (κ2) is 2.90. The van der Waals surface area contributed by atoms with E-state index in [1.54, 1.807) is 0 Å². The molecular formula is C11H9N2. The van der Waals surface area contributed by atoms with Gasteiger partial charge in [0.05, 0.1) is 0 Å². The van der Waals surface area contributed by atoms with E-state index in [0.29, 0.717) is 0 Å². The molecule has 0 aliphatic rings. The molecule has 2 aromatic carbocycles. The van der Waals surface area contributed by atoms with Crippen LogP contribution in [0.5, 0.6) is 0 Å². The second-order valence-corrected chi connectivity index (χ2v) is 2.90. The van der Waals surface area contributed by atoms with Crippen molar-refractivity contribution in [2.75, 3.05) is 0 Å². The smallest absolute Gasteiger partial charge is 0.122 e. The Balaban J connectivity index is 2.69. The second-order valence-electron chi connectivity index (χ2n) is 2.90. The molecule has 63 valence electrons. The van der Waals surface area contributed by atoms with E-state index < -0.39 is 0 Å². The van der Waals surface area contributed by atoms with Gasteiger partial charge in [0.1, 0.15) is 5.84 Å². The fraction of sp³-hybridized carbons (Fsp3) is 0. The summed E-state index contributed by atoms with van der Waals surface area (Å²) in [5, 5.41) is 9.49. The first-order chi connectivity index (χ1) is 6.27. The van der Waals surface area contributed by atoms with Crippen LogP contribution in [-0.4, -0.2) is 5.84 Å². The number of benzene rings is 2. The van der Waals surface area contributed by atoms with Crippen LogP contribution < -0.4 is 5.73 Å². The van der Waals surface area contributed by atoms with Crippen molar-refractivity contribution in [3.05, 3.63) is 48.0 Å². The molecule has 0 unspecified atom stereocenters. The summed E-state index contributed by atoms with van der Waals surface area (Å²) in [5.41, 5.74) is 6.13. The molecule has 2 aromatic rings. The Morgan fingerprint density at radius 2 is 2.08 bits per heavy atom. The van der Waals surface area contributed by atoms with Crippen LogP contribution in [-0.2, 0) is 0 Å². The Morgan fingerprint density at radius 1 is 1.23 bits per heavy atom. The Labute approximate surface area is 76.5 Å². The molecule has 0 saturated carbocycles. The van der Waals surface area contributed by atoms with Gasteiger partial charge < -0.3 is 5.73 Å². The van der Waals surface area contributed by atoms with Crippen molar-refractivity contribution < 1.29 is 0 Å². The maximum atomic E-state index is 7.28. The summed E-state index contributed by atoms with van der Waals surface area (Å²) in [4.78, 5) is 0. The predicted octanol–water partition coefficient (Wildman–Crippen LogP) is 1.92. The minimum Gasteiger partial charge on any atom is -0.384 e. The lowest BCUT2D eigenvalue weighted by Crippen LogP contribution is -2.10. The van der Waals surface area contributed by atoms with E-state index in [9.17, 15) is 0 Å². The summed E-state index contributed by atoms with van der Waals surface area (Å²) < 4.78 is 0. The number of fused-ring (bicyclic) bond motifs is 1. The van der Waals surface area contributed by atoms with Gasteiger partial charge in [-0.3, -0.25) is 5.41 Å². The zero-order valence-electron chi connectivity index (χ0n) is 7.04. The summed E-state index contributed by atoms with van der Waals surface area (Å²) in [6, 6.07) is 14.4. The number of hydrogen-bond acceptors (Lipinski definition) is 1. The Kier molecular flexibility index (Phi) is 1.74. The van der Waals surface area contributed by atoms with Gasteiger partial charge in [-0.2, -0.15) is 0 Å². The lowest BCUT2D eigenvalue weighted by Gasteiger charge is -2.00. The molecule has 0 aliphatic heterocycles. The quantitative estimate of drug-likeness (QED) is 0.497. The van der Waals surface area contributed by atoms with Crippen molar-refractivity contribution in [3.63, 3.8) is 0 Å². The third-order valence-corrected chi connectivity index (χ3v) is 2.00. The molecule has 2 heteroatoms. The average Bonchev–Trinajstić information content (AvgIpc) is 2.17. The predicted molar refractivity (Wildman–Crippen MR) is 53.8 cm³/mol. The molecular weight excluding hydrogens is 160 g/mol. The number of nitrogens with one attached hydrogen (secondary N) is 1. The molecule has 0 fully saturated rings. The SMILES string of the molecule is N=C(N)c1ccc2cc[c]cc2c1. The molecule has 3 N–H and O–H groups in total. The van der Waals surface area contributed by atoms with Crippen molar-refractivity contribution in [1.29, 1.82) is 5.41 Å². The van der Waals surface area contributed by atoms with Crippen LogP contribution >= 0.6 is 0 Å². The first-order valence-corrected chi connectivity index (χ1v) is 4.01. The van der Waals surface area contributed by atoms with E-state index in [1.165, 1.54) is 0 Å². The maximum Gasteiger partial charge on any atom is 0.122 e. The summed E-state index contributed by atoms with van der Waals surface area (Å²) in [6.45, 7) is 0. The minimum atomic E-state index is 0.103. The van der Waals surface area contributed by atoms with Gasteiger partial charge in [-0.1, -0.05) is 24.3 Å². The van der Waals surface area contributed by atoms with Crippen molar-refractivity contribution in [1.82, 2.24) is 0 Å². The number of hydrogen-bond donors (Lipinski definition) is 2. The van der Waals surface area contributed by atoms with Gasteiger partial charge in [0.2, 0.25) is 0 Å². The lowest BCUT2D eigenvalue weighted by atomic mass is 10.1. The number of amidine groups is 1. The Bertz CT molecular complexity index is 460. The zero-order chi connectivity index (χ0) is 9.26. The van der Waals surface area contributed by atoms with Gasteiger partial charge in [0, 0.05) is 5.56 Å². The van der Waals surface area contributed by atoms with Crippen LogP contribution in [0.1, 0.15) is 5.56 Å². The van der Waals surface area contributed by atoms with Crippen molar-refractivity contribution in [3.8, 4) is 0 Å². The third kappa shape index (κ3) is 1.38. The number of nitrogen functional groups attached to an aromatic ring is 1. The highest BCUT2D eigenvalue weighted by atomic mass is 14.7. The lowest BCUT2D eigenvalue weighted by molar-refractivity contribution is 1.43. The monoisotopic (exact) mass is 169 g/mol. The van der Waals surface area contributed by atoms with Gasteiger partial charge in [-0.25, -0.2) is 0 Å². The highest BCUT2D eigenvalue weighted by Crippen LogP contribution is 2.14. The molecule has 0 aliphatic carbocycles. The van der Waals surface area contributed by atoms with Crippen LogP contribution in [0.15, 0.2) is 36.4 Å². The largest absolute Gasteiger partial charge is 0.384 e. The highest BCUT2D eigenvalue weighted by Gasteiger charge is 1.97. The topological polar surface area (TPSA) is 49.9 Å². The van der Waals surface area contributed by atoms with E-state index in [2.05, 4.69) is 6.07 Å². The first kappa shape index (κ1) is 7.80. The molecule has 13 heavy (non-hydrogen) atoms. The molecule has 0 atom stereocenters. The Morgan fingerprint density at radius 3 is 2.85 bits per heavy atom. The molecule has 0 spiro atoms. The fourth-order valence-electron chi connectivity index (χ4n) is 1.29. The van der Waals surface area contributed by atoms with E-state index in [1.807, 2.05) is 36.4 Å². The molecule has 1 radical (unpaired) electrons. The molecule has 0 saturated heterocycles. The number of nitrogens with two attached hydrogens (primary N) is 1. The van der Waals surface area contributed by atoms with Crippen LogP contribution in [0.3, 0.4) is 0 Å². The zero-order valence-corrected chi connectivity index (χ0v) is 7.04. The van der Waals surface area contributed by atoms with Crippen molar-refractivity contribution in [2.45, 2.75) is 0 Å². The van der Waals surface area contributed by atoms with Gasteiger partial charge in [-0.05, 0) is 29.0 Å². The van der Waals surface area contributed by atoms with Crippen molar-refractivity contribution >= 4 is 16.6 Å². The summed E-state index contributed by atoms with van der Waals surface area (Å²) in [7, 11) is 0. The van der Waals surface area contributed by atoms with Crippen LogP contribution in [0.25, 0.3) is 10.8 Å². The molecule has 2 rings (SSSR count). The molecule has 0 heterocycles. The summed E-state index contributed by atoms with van der Waals surface area (Å²) in [6.07, 6.45) is 0. The van der Waals surface area contributed by atoms with Gasteiger partial charge in [0.15, 0.2) is 0 Å². The molecule has 2 nitrogen and oxygen atoms in total. The van der Waals surface area contributed by atoms with Crippen molar-refractivity contribution in [2.24, 2.45) is 5.73 Å². The van der Waals surface area contributed by atoms with E-state index in [0.717, 1.165) is 16.3 Å². The fourth-order valence-corrected chi connectivity index (χ4v) is 1.29. The molecule has 0 bridgehead atoms. The van der Waals surface area contributed by atoms with E-state index in [4.69, 9.17) is 11.1 Å². The van der Waals surface area contributed by atoms with Gasteiger partial charge in [-0.15, -0.1) is 0 Å². The molecule has 0 amide bonds. The van der Waals surface area contributed by atoms with E-state index >= 15 is 0 Å². The maximum absolute atomic E-state index is 7.28. The minimum absolute atomic E-state index is 0.103. The van der Waals surface area contributed by atoms with Crippen LogP contribution in [0.4, 0.5) is 0 Å². The van der Waals surface area contributed by atoms with Crippen LogP contribution in [0.2, 0.25) is 0 Å². The van der Waals surface area contributed by atoms with Gasteiger partial charge in [0.25, 0.3) is 0 Å². The third-order valence-electron chi connectivity index (χ3n) is 2.00. The van der Waals surface area contributed by atoms with E-state index in [-0.39, 0.29) is 5.84 Å². The summed E-state index contributed by atoms with van der Waals surface area (Å²) in [5.74, 6) is 0.103. The standard InChI is InChI=1S/C11H9N2/c12-11(13)10-6-5-8-3-1-2-4-9(8)7-10/h1,3-7H,(H3,12,13). The average molecular weight is 169 g/mol. The van der Waals surface area contributed by atoms with Crippen LogP contribution in [0, 0.1) is 11.5 Å². The summed E-state index contributed by atoms with van der Waals surface area (Å²) >= 11 is 0. The normalized spacial score (nSPS) is 10.2. The highest BCUT2D eigenvalue weighted by molar-refractivity contribution is 5.99. The first-order valence-electron chi connectivity index (χ1n) is 4.01. The molecule has 0 aromatic heterocycles. The Hall–Kier alpha value is -1.83.